The Bertz CT molecular complexity index is 650. The smallest absolute Gasteiger partial charge is 0.124 e. The van der Waals surface area contributed by atoms with Crippen molar-refractivity contribution in [3.63, 3.8) is 0 Å². The SMILES string of the molecule is Fc1ccc(NC2CCSc3ccc(Cl)cc32)c(Br)c1. The van der Waals surface area contributed by atoms with Crippen LogP contribution < -0.4 is 5.32 Å². The Balaban J connectivity index is 1.91. The Morgan fingerprint density at radius 3 is 2.90 bits per heavy atom. The largest absolute Gasteiger partial charge is 0.377 e. The van der Waals surface area contributed by atoms with Crippen molar-refractivity contribution < 1.29 is 4.39 Å². The van der Waals surface area contributed by atoms with Gasteiger partial charge in [-0.1, -0.05) is 11.6 Å². The highest BCUT2D eigenvalue weighted by molar-refractivity contribution is 9.10. The van der Waals surface area contributed by atoms with E-state index in [0.29, 0.717) is 0 Å². The van der Waals surface area contributed by atoms with Crippen LogP contribution in [0.1, 0.15) is 18.0 Å². The molecule has 2 aromatic carbocycles. The highest BCUT2D eigenvalue weighted by atomic mass is 79.9. The van der Waals surface area contributed by atoms with Gasteiger partial charge in [0.2, 0.25) is 0 Å². The van der Waals surface area contributed by atoms with Crippen molar-refractivity contribution in [2.24, 2.45) is 0 Å². The lowest BCUT2D eigenvalue weighted by atomic mass is 10.0. The van der Waals surface area contributed by atoms with E-state index in [4.69, 9.17) is 11.6 Å². The highest BCUT2D eigenvalue weighted by Gasteiger charge is 2.21. The molecule has 1 aliphatic rings. The van der Waals surface area contributed by atoms with Gasteiger partial charge in [0.1, 0.15) is 5.82 Å². The van der Waals surface area contributed by atoms with E-state index >= 15 is 0 Å². The third kappa shape index (κ3) is 2.97. The van der Waals surface area contributed by atoms with E-state index in [2.05, 4.69) is 27.3 Å². The van der Waals surface area contributed by atoms with Gasteiger partial charge in [-0.2, -0.15) is 0 Å². The van der Waals surface area contributed by atoms with Crippen LogP contribution >= 0.6 is 39.3 Å². The van der Waals surface area contributed by atoms with Gasteiger partial charge in [-0.25, -0.2) is 4.39 Å². The standard InChI is InChI=1S/C15H12BrClFNS/c16-12-8-10(18)2-3-14(12)19-13-5-6-20-15-4-1-9(17)7-11(13)15/h1-4,7-8,13,19H,5-6H2. The van der Waals surface area contributed by atoms with Crippen LogP contribution in [0.15, 0.2) is 45.8 Å². The molecular weight excluding hydrogens is 361 g/mol. The average molecular weight is 373 g/mol. The van der Waals surface area contributed by atoms with E-state index in [9.17, 15) is 4.39 Å². The summed E-state index contributed by atoms with van der Waals surface area (Å²) in [6.07, 6.45) is 1.02. The molecule has 0 fully saturated rings. The third-order valence-corrected chi connectivity index (χ3v) is 5.29. The molecule has 0 saturated carbocycles. The molecule has 0 aromatic heterocycles. The molecule has 20 heavy (non-hydrogen) atoms. The lowest BCUT2D eigenvalue weighted by molar-refractivity contribution is 0.626. The minimum Gasteiger partial charge on any atom is -0.377 e. The number of nitrogens with one attached hydrogen (secondary N) is 1. The highest BCUT2D eigenvalue weighted by Crippen LogP contribution is 2.40. The molecule has 1 aliphatic heterocycles. The molecule has 0 amide bonds. The maximum atomic E-state index is 13.1. The summed E-state index contributed by atoms with van der Waals surface area (Å²) in [6.45, 7) is 0. The van der Waals surface area contributed by atoms with E-state index in [1.165, 1.54) is 22.6 Å². The van der Waals surface area contributed by atoms with Crippen molar-refractivity contribution in [1.29, 1.82) is 0 Å². The third-order valence-electron chi connectivity index (χ3n) is 3.27. The minimum absolute atomic E-state index is 0.201. The van der Waals surface area contributed by atoms with Gasteiger partial charge >= 0.3 is 0 Å². The van der Waals surface area contributed by atoms with Crippen LogP contribution in [0.25, 0.3) is 0 Å². The monoisotopic (exact) mass is 371 g/mol. The van der Waals surface area contributed by atoms with Gasteiger partial charge in [0.05, 0.1) is 6.04 Å². The predicted molar refractivity (Wildman–Crippen MR) is 87.3 cm³/mol. The van der Waals surface area contributed by atoms with E-state index in [-0.39, 0.29) is 11.9 Å². The fourth-order valence-electron chi connectivity index (χ4n) is 2.31. The molecule has 1 atom stereocenters. The van der Waals surface area contributed by atoms with E-state index in [1.54, 1.807) is 6.07 Å². The molecule has 0 saturated heterocycles. The molecule has 1 nitrogen and oxygen atoms in total. The number of fused-ring (bicyclic) bond motifs is 1. The second kappa shape index (κ2) is 5.96. The van der Waals surface area contributed by atoms with Gasteiger partial charge in [-0.05, 0) is 64.3 Å². The molecule has 1 heterocycles. The summed E-state index contributed by atoms with van der Waals surface area (Å²) >= 11 is 11.3. The zero-order chi connectivity index (χ0) is 14.1. The predicted octanol–water partition coefficient (Wildman–Crippen LogP) is 5.89. The molecule has 0 aliphatic carbocycles. The second-order valence-corrected chi connectivity index (χ2v) is 7.07. The first-order valence-electron chi connectivity index (χ1n) is 6.27. The van der Waals surface area contributed by atoms with E-state index in [1.807, 2.05) is 23.9 Å². The summed E-state index contributed by atoms with van der Waals surface area (Å²) in [5, 5.41) is 4.22. The fourth-order valence-corrected chi connectivity index (χ4v) is 4.06. The average Bonchev–Trinajstić information content (AvgIpc) is 2.42. The number of thioether (sulfide) groups is 1. The van der Waals surface area contributed by atoms with Gasteiger partial charge in [-0.15, -0.1) is 11.8 Å². The Kier molecular flexibility index (Phi) is 4.24. The van der Waals surface area contributed by atoms with Crippen LogP contribution in [0.5, 0.6) is 0 Å². The van der Waals surface area contributed by atoms with Gasteiger partial charge < -0.3 is 5.32 Å². The maximum absolute atomic E-state index is 13.1. The first-order valence-corrected chi connectivity index (χ1v) is 8.43. The fraction of sp³-hybridized carbons (Fsp3) is 0.200. The number of hydrogen-bond acceptors (Lipinski definition) is 2. The van der Waals surface area contributed by atoms with Crippen LogP contribution in [0, 0.1) is 5.82 Å². The van der Waals surface area contributed by atoms with Crippen molar-refractivity contribution in [3.8, 4) is 0 Å². The second-order valence-electron chi connectivity index (χ2n) is 4.64. The molecule has 104 valence electrons. The molecule has 0 bridgehead atoms. The van der Waals surface area contributed by atoms with Crippen molar-refractivity contribution >= 4 is 45.0 Å². The summed E-state index contributed by atoms with van der Waals surface area (Å²) in [5.41, 5.74) is 2.11. The summed E-state index contributed by atoms with van der Waals surface area (Å²) in [7, 11) is 0. The summed E-state index contributed by atoms with van der Waals surface area (Å²) in [4.78, 5) is 1.26. The Hall–Kier alpha value is -0.710. The molecular formula is C15H12BrClFNS. The maximum Gasteiger partial charge on any atom is 0.124 e. The zero-order valence-electron chi connectivity index (χ0n) is 10.5. The normalized spacial score (nSPS) is 17.6. The van der Waals surface area contributed by atoms with Crippen molar-refractivity contribution in [2.75, 3.05) is 11.1 Å². The van der Waals surface area contributed by atoms with Gasteiger partial charge in [-0.3, -0.25) is 0 Å². The summed E-state index contributed by atoms with van der Waals surface area (Å²) in [5.74, 6) is 0.815. The van der Waals surface area contributed by atoms with Crippen LogP contribution in [-0.4, -0.2) is 5.75 Å². The molecule has 1 N–H and O–H groups in total. The van der Waals surface area contributed by atoms with Gasteiger partial charge in [0.15, 0.2) is 0 Å². The molecule has 5 heteroatoms. The number of rotatable bonds is 2. The summed E-state index contributed by atoms with van der Waals surface area (Å²) < 4.78 is 13.9. The van der Waals surface area contributed by atoms with E-state index in [0.717, 1.165) is 27.4 Å². The van der Waals surface area contributed by atoms with Crippen molar-refractivity contribution in [1.82, 2.24) is 0 Å². The van der Waals surface area contributed by atoms with Gasteiger partial charge in [0.25, 0.3) is 0 Å². The van der Waals surface area contributed by atoms with Crippen LogP contribution in [0.2, 0.25) is 5.02 Å². The minimum atomic E-state index is -0.245. The lowest BCUT2D eigenvalue weighted by Gasteiger charge is -2.27. The molecule has 1 unspecified atom stereocenters. The topological polar surface area (TPSA) is 12.0 Å². The Morgan fingerprint density at radius 2 is 2.10 bits per heavy atom. The molecule has 0 spiro atoms. The van der Waals surface area contributed by atoms with E-state index < -0.39 is 0 Å². The number of hydrogen-bond donors (Lipinski definition) is 1. The molecule has 2 aromatic rings. The first-order chi connectivity index (χ1) is 9.63. The summed E-state index contributed by atoms with van der Waals surface area (Å²) in [6, 6.07) is 10.9. The van der Waals surface area contributed by atoms with Gasteiger partial charge in [0, 0.05) is 25.8 Å². The lowest BCUT2D eigenvalue weighted by Crippen LogP contribution is -2.16. The van der Waals surface area contributed by atoms with Crippen molar-refractivity contribution in [3.05, 3.63) is 57.3 Å². The molecule has 0 radical (unpaired) electrons. The number of halogens is 3. The Morgan fingerprint density at radius 1 is 1.25 bits per heavy atom. The Labute approximate surface area is 135 Å². The number of anilines is 1. The van der Waals surface area contributed by atoms with Crippen LogP contribution in [-0.2, 0) is 0 Å². The number of benzene rings is 2. The quantitative estimate of drug-likeness (QED) is 0.705. The first kappa shape index (κ1) is 14.2. The van der Waals surface area contributed by atoms with Crippen LogP contribution in [0.3, 0.4) is 0 Å². The van der Waals surface area contributed by atoms with Crippen molar-refractivity contribution in [2.45, 2.75) is 17.4 Å². The zero-order valence-corrected chi connectivity index (χ0v) is 13.7. The molecule has 3 rings (SSSR count). The van der Waals surface area contributed by atoms with Crippen LogP contribution in [0.4, 0.5) is 10.1 Å².